The molecule has 0 saturated heterocycles. The van der Waals surface area contributed by atoms with E-state index >= 15 is 0 Å². The molecule has 0 saturated carbocycles. The third-order valence-electron chi connectivity index (χ3n) is 1.07. The molecule has 0 N–H and O–H groups in total. The number of rotatable bonds is 3. The summed E-state index contributed by atoms with van der Waals surface area (Å²) in [5, 5.41) is 0. The molecule has 4 nitrogen and oxygen atoms in total. The molecule has 0 spiro atoms. The Hall–Kier alpha value is -1.15. The molecule has 0 unspecified atom stereocenters. The normalized spacial score (nSPS) is 8.20. The molecule has 0 aliphatic carbocycles. The number of carbonyl (C=O) groups excluding carboxylic acids is 1. The van der Waals surface area contributed by atoms with Gasteiger partial charge in [-0.3, -0.25) is 4.79 Å². The first kappa shape index (κ1) is 8.85. The van der Waals surface area contributed by atoms with Gasteiger partial charge in [0, 0.05) is 20.5 Å². The lowest BCUT2D eigenvalue weighted by Crippen LogP contribution is -2.21. The van der Waals surface area contributed by atoms with Crippen molar-refractivity contribution in [1.29, 1.82) is 0 Å². The van der Waals surface area contributed by atoms with Crippen LogP contribution in [0.3, 0.4) is 0 Å². The second-order valence-corrected chi connectivity index (χ2v) is 2.12. The van der Waals surface area contributed by atoms with Crippen molar-refractivity contribution in [2.24, 2.45) is 0 Å². The van der Waals surface area contributed by atoms with Crippen LogP contribution in [0.1, 0.15) is 12.8 Å². The van der Waals surface area contributed by atoms with E-state index in [0.29, 0.717) is 12.8 Å². The van der Waals surface area contributed by atoms with Crippen LogP contribution in [0.4, 0.5) is 0 Å². The van der Waals surface area contributed by atoms with Crippen LogP contribution in [-0.4, -0.2) is 35.9 Å². The third-order valence-corrected chi connectivity index (χ3v) is 1.07. The van der Waals surface area contributed by atoms with Crippen molar-refractivity contribution >= 4 is 12.1 Å². The van der Waals surface area contributed by atoms with Crippen LogP contribution in [0.2, 0.25) is 0 Å². The summed E-state index contributed by atoms with van der Waals surface area (Å²) >= 11 is 0. The van der Waals surface area contributed by atoms with Crippen LogP contribution in [0, 0.1) is 0 Å². The summed E-state index contributed by atoms with van der Waals surface area (Å²) in [6, 6.07) is 0. The van der Waals surface area contributed by atoms with Crippen molar-refractivity contribution in [3.8, 4) is 0 Å². The Morgan fingerprint density at radius 1 is 1.70 bits per heavy atom. The average molecular weight is 141 g/mol. The second-order valence-electron chi connectivity index (χ2n) is 2.12. The average Bonchev–Trinajstić information content (AvgIpc) is 1.88. The quantitative estimate of drug-likeness (QED) is 0.313. The Morgan fingerprint density at radius 3 is 2.70 bits per heavy atom. The molecule has 0 aromatic carbocycles. The summed E-state index contributed by atoms with van der Waals surface area (Å²) in [7, 11) is 3.39. The molecular weight excluding hydrogens is 130 g/mol. The fraction of sp³-hybridized carbons (Fsp3) is 0.667. The molecular formula is C6H11N3O. The van der Waals surface area contributed by atoms with E-state index in [1.165, 1.54) is 11.1 Å². The van der Waals surface area contributed by atoms with Gasteiger partial charge in [0.25, 0.3) is 6.21 Å². The van der Waals surface area contributed by atoms with Crippen LogP contribution >= 0.6 is 0 Å². The zero-order valence-electron chi connectivity index (χ0n) is 6.24. The SMILES string of the molecule is CN(C)C(=O)CCC=[N+]=[N-]. The largest absolute Gasteiger partial charge is 0.362 e. The van der Waals surface area contributed by atoms with E-state index in [-0.39, 0.29) is 5.91 Å². The van der Waals surface area contributed by atoms with Crippen LogP contribution < -0.4 is 0 Å². The first-order valence-electron chi connectivity index (χ1n) is 3.04. The molecule has 0 bridgehead atoms. The van der Waals surface area contributed by atoms with Gasteiger partial charge in [0.1, 0.15) is 0 Å². The number of hydrogen-bond donors (Lipinski definition) is 0. The highest BCUT2D eigenvalue weighted by atomic mass is 16.2. The van der Waals surface area contributed by atoms with Gasteiger partial charge in [-0.1, -0.05) is 0 Å². The minimum atomic E-state index is 0.0416. The first-order chi connectivity index (χ1) is 4.68. The fourth-order valence-electron chi connectivity index (χ4n) is 0.469. The van der Waals surface area contributed by atoms with Crippen molar-refractivity contribution in [3.05, 3.63) is 5.53 Å². The molecule has 0 rings (SSSR count). The van der Waals surface area contributed by atoms with Crippen molar-refractivity contribution in [1.82, 2.24) is 4.90 Å². The van der Waals surface area contributed by atoms with Crippen LogP contribution in [-0.2, 0) is 4.79 Å². The summed E-state index contributed by atoms with van der Waals surface area (Å²) in [4.78, 5) is 15.1. The Kier molecular flexibility index (Phi) is 4.16. The van der Waals surface area contributed by atoms with Gasteiger partial charge in [0.15, 0.2) is 0 Å². The monoisotopic (exact) mass is 141 g/mol. The molecule has 0 aliphatic rings. The van der Waals surface area contributed by atoms with Crippen molar-refractivity contribution in [2.75, 3.05) is 14.1 Å². The number of carbonyl (C=O) groups is 1. The van der Waals surface area contributed by atoms with Gasteiger partial charge in [0.2, 0.25) is 5.91 Å². The maximum atomic E-state index is 10.8. The predicted octanol–water partition coefficient (Wildman–Crippen LogP) is 0.155. The number of nitrogens with zero attached hydrogens (tertiary/aromatic N) is 3. The summed E-state index contributed by atoms with van der Waals surface area (Å²) in [5.41, 5.74) is 7.96. The molecule has 10 heavy (non-hydrogen) atoms. The molecule has 0 aromatic rings. The van der Waals surface area contributed by atoms with E-state index in [1.54, 1.807) is 14.1 Å². The molecule has 0 fully saturated rings. The Labute approximate surface area is 60.1 Å². The summed E-state index contributed by atoms with van der Waals surface area (Å²) in [5.74, 6) is 0.0416. The van der Waals surface area contributed by atoms with Crippen LogP contribution in [0.5, 0.6) is 0 Å². The number of amides is 1. The number of hydrogen-bond acceptors (Lipinski definition) is 1. The molecule has 0 radical (unpaired) electrons. The molecule has 4 heteroatoms. The molecule has 1 amide bonds. The van der Waals surface area contributed by atoms with E-state index in [2.05, 4.69) is 4.79 Å². The van der Waals surface area contributed by atoms with Crippen LogP contribution in [0.15, 0.2) is 0 Å². The summed E-state index contributed by atoms with van der Waals surface area (Å²) in [6.07, 6.45) is 2.20. The highest BCUT2D eigenvalue weighted by Gasteiger charge is 2.01. The van der Waals surface area contributed by atoms with Gasteiger partial charge < -0.3 is 10.4 Å². The Bertz CT molecular complexity index is 158. The topological polar surface area (TPSA) is 56.7 Å². The van der Waals surface area contributed by atoms with E-state index in [4.69, 9.17) is 5.53 Å². The van der Waals surface area contributed by atoms with Gasteiger partial charge in [-0.25, -0.2) is 0 Å². The maximum Gasteiger partial charge on any atom is 0.257 e. The van der Waals surface area contributed by atoms with Gasteiger partial charge in [-0.2, -0.15) is 4.79 Å². The van der Waals surface area contributed by atoms with E-state index < -0.39 is 0 Å². The van der Waals surface area contributed by atoms with Crippen molar-refractivity contribution in [3.63, 3.8) is 0 Å². The lowest BCUT2D eigenvalue weighted by atomic mass is 10.3. The minimum absolute atomic E-state index is 0.0416. The molecule has 0 aromatic heterocycles. The zero-order chi connectivity index (χ0) is 7.98. The molecule has 56 valence electrons. The zero-order valence-corrected chi connectivity index (χ0v) is 6.24. The predicted molar refractivity (Wildman–Crippen MR) is 37.6 cm³/mol. The highest BCUT2D eigenvalue weighted by Crippen LogP contribution is 1.88. The Balaban J connectivity index is 3.49. The van der Waals surface area contributed by atoms with Gasteiger partial charge >= 0.3 is 0 Å². The highest BCUT2D eigenvalue weighted by molar-refractivity contribution is 5.77. The van der Waals surface area contributed by atoms with Gasteiger partial charge in [-0.05, 0) is 0 Å². The van der Waals surface area contributed by atoms with Gasteiger partial charge in [0.05, 0.1) is 6.42 Å². The molecule has 0 aliphatic heterocycles. The second kappa shape index (κ2) is 4.70. The standard InChI is InChI=1S/C6H11N3O/c1-9(2)6(10)4-3-5-8-7/h5H,3-4H2,1-2H3. The summed E-state index contributed by atoms with van der Waals surface area (Å²) < 4.78 is 0. The molecule has 0 atom stereocenters. The molecule has 0 heterocycles. The summed E-state index contributed by atoms with van der Waals surface area (Å²) in [6.45, 7) is 0. The maximum absolute atomic E-state index is 10.8. The lowest BCUT2D eigenvalue weighted by molar-refractivity contribution is -0.128. The fourth-order valence-corrected chi connectivity index (χ4v) is 0.469. The third kappa shape index (κ3) is 3.80. The first-order valence-corrected chi connectivity index (χ1v) is 3.04. The lowest BCUT2D eigenvalue weighted by Gasteiger charge is -2.06. The smallest absolute Gasteiger partial charge is 0.257 e. The minimum Gasteiger partial charge on any atom is -0.362 e. The van der Waals surface area contributed by atoms with E-state index in [1.807, 2.05) is 0 Å². The van der Waals surface area contributed by atoms with Gasteiger partial charge in [-0.15, -0.1) is 0 Å². The van der Waals surface area contributed by atoms with Crippen LogP contribution in [0.25, 0.3) is 5.53 Å². The van der Waals surface area contributed by atoms with E-state index in [9.17, 15) is 4.79 Å². The van der Waals surface area contributed by atoms with Crippen molar-refractivity contribution < 1.29 is 9.58 Å². The Morgan fingerprint density at radius 2 is 2.30 bits per heavy atom. The van der Waals surface area contributed by atoms with E-state index in [0.717, 1.165) is 0 Å². The van der Waals surface area contributed by atoms with Crippen molar-refractivity contribution in [2.45, 2.75) is 12.8 Å².